The van der Waals surface area contributed by atoms with E-state index in [0.29, 0.717) is 17.9 Å². The van der Waals surface area contributed by atoms with Crippen molar-refractivity contribution in [1.82, 2.24) is 9.97 Å². The molecule has 25 heavy (non-hydrogen) atoms. The van der Waals surface area contributed by atoms with Crippen LogP contribution >= 0.6 is 0 Å². The van der Waals surface area contributed by atoms with Crippen LogP contribution in [0.5, 0.6) is 11.5 Å². The zero-order valence-corrected chi connectivity index (χ0v) is 14.4. The second-order valence-electron chi connectivity index (χ2n) is 5.94. The highest BCUT2D eigenvalue weighted by Gasteiger charge is 2.12. The number of imidazole rings is 1. The fraction of sp³-hybridized carbons (Fsp3) is 0.200. The third-order valence-electron chi connectivity index (χ3n) is 3.71. The van der Waals surface area contributed by atoms with Crippen molar-refractivity contribution in [3.05, 3.63) is 60.6 Å². The van der Waals surface area contributed by atoms with Crippen LogP contribution in [-0.2, 0) is 6.42 Å². The van der Waals surface area contributed by atoms with Crippen molar-refractivity contribution in [3.8, 4) is 22.8 Å². The topological polar surface area (TPSA) is 70.5 Å². The number of H-pyrrole nitrogens is 1. The third-order valence-corrected chi connectivity index (χ3v) is 3.71. The molecule has 0 unspecified atom stereocenters. The molecular formula is C20H21N3O2. The van der Waals surface area contributed by atoms with Crippen molar-refractivity contribution in [1.29, 1.82) is 0 Å². The van der Waals surface area contributed by atoms with Crippen LogP contribution in [0.15, 0.2) is 60.0 Å². The Morgan fingerprint density at radius 2 is 1.96 bits per heavy atom. The lowest BCUT2D eigenvalue weighted by molar-refractivity contribution is 0.321. The minimum Gasteiger partial charge on any atom is -0.507 e. The average molecular weight is 335 g/mol. The van der Waals surface area contributed by atoms with E-state index in [9.17, 15) is 5.11 Å². The van der Waals surface area contributed by atoms with Crippen molar-refractivity contribution in [3.63, 3.8) is 0 Å². The van der Waals surface area contributed by atoms with Gasteiger partial charge in [-0.3, -0.25) is 4.99 Å². The van der Waals surface area contributed by atoms with Crippen molar-refractivity contribution in [2.24, 2.45) is 4.99 Å². The third kappa shape index (κ3) is 4.26. The lowest BCUT2D eigenvalue weighted by atomic mass is 10.1. The molecule has 0 aliphatic heterocycles. The number of ether oxygens (including phenoxy) is 1. The Balaban J connectivity index is 1.67. The van der Waals surface area contributed by atoms with E-state index in [1.165, 1.54) is 5.56 Å². The zero-order valence-electron chi connectivity index (χ0n) is 14.4. The Hall–Kier alpha value is -3.08. The van der Waals surface area contributed by atoms with Crippen LogP contribution in [0.2, 0.25) is 0 Å². The fourth-order valence-electron chi connectivity index (χ4n) is 2.58. The van der Waals surface area contributed by atoms with E-state index in [4.69, 9.17) is 4.74 Å². The second kappa shape index (κ2) is 7.66. The highest BCUT2D eigenvalue weighted by Crippen LogP contribution is 2.36. The first-order valence-corrected chi connectivity index (χ1v) is 8.18. The number of aromatic nitrogens is 2. The van der Waals surface area contributed by atoms with Gasteiger partial charge in [-0.2, -0.15) is 0 Å². The number of aromatic hydroxyl groups is 1. The van der Waals surface area contributed by atoms with Crippen LogP contribution in [0.4, 0.5) is 5.69 Å². The van der Waals surface area contributed by atoms with Crippen molar-refractivity contribution >= 4 is 11.4 Å². The molecule has 0 fully saturated rings. The molecule has 0 aliphatic carbocycles. The minimum absolute atomic E-state index is 0.166. The first kappa shape index (κ1) is 16.8. The maximum Gasteiger partial charge on any atom is 0.132 e. The number of nitrogens with one attached hydrogen (secondary N) is 1. The number of aliphatic imine (C=N–C) groups is 1. The van der Waals surface area contributed by atoms with Crippen LogP contribution in [0.3, 0.4) is 0 Å². The highest BCUT2D eigenvalue weighted by atomic mass is 16.5. The molecule has 0 amide bonds. The molecular weight excluding hydrogens is 314 g/mol. The summed E-state index contributed by atoms with van der Waals surface area (Å²) in [7, 11) is 0. The molecule has 1 aromatic heterocycles. The molecule has 5 heteroatoms. The molecule has 1 heterocycles. The van der Waals surface area contributed by atoms with Crippen LogP contribution in [-0.4, -0.2) is 27.4 Å². The van der Waals surface area contributed by atoms with Gasteiger partial charge in [-0.05, 0) is 43.7 Å². The standard InChI is InChI=1S/C20H21N3O2/c1-14(2)23-16-8-6-15(7-9-16)10-11-25-19-5-3-4-18(24)20(19)17-12-21-13-22-17/h3-9,12-13,24H,10-11H2,1-2H3,(H,21,22). The summed E-state index contributed by atoms with van der Waals surface area (Å²) >= 11 is 0. The summed E-state index contributed by atoms with van der Waals surface area (Å²) < 4.78 is 5.91. The number of hydrogen-bond donors (Lipinski definition) is 2. The van der Waals surface area contributed by atoms with Crippen molar-refractivity contribution < 1.29 is 9.84 Å². The number of phenolic OH excluding ortho intramolecular Hbond substituents is 1. The SMILES string of the molecule is CC(C)=Nc1ccc(CCOc2cccc(O)c2-c2cnc[nH]2)cc1. The van der Waals surface area contributed by atoms with E-state index in [1.807, 2.05) is 32.0 Å². The van der Waals surface area contributed by atoms with Crippen molar-refractivity contribution in [2.75, 3.05) is 6.61 Å². The van der Waals surface area contributed by atoms with E-state index >= 15 is 0 Å². The first-order chi connectivity index (χ1) is 12.1. The van der Waals surface area contributed by atoms with Crippen LogP contribution in [0, 0.1) is 0 Å². The summed E-state index contributed by atoms with van der Waals surface area (Å²) in [6.45, 7) is 4.47. The molecule has 0 aliphatic rings. The highest BCUT2D eigenvalue weighted by molar-refractivity contribution is 5.82. The largest absolute Gasteiger partial charge is 0.507 e. The summed E-state index contributed by atoms with van der Waals surface area (Å²) in [6, 6.07) is 13.4. The van der Waals surface area contributed by atoms with Gasteiger partial charge in [0.2, 0.25) is 0 Å². The molecule has 128 valence electrons. The van der Waals surface area contributed by atoms with Crippen LogP contribution in [0.25, 0.3) is 11.3 Å². The monoisotopic (exact) mass is 335 g/mol. The van der Waals surface area contributed by atoms with Gasteiger partial charge in [0.1, 0.15) is 11.5 Å². The predicted octanol–water partition coefficient (Wildman–Crippen LogP) is 4.52. The zero-order chi connectivity index (χ0) is 17.6. The summed E-state index contributed by atoms with van der Waals surface area (Å²) in [5.74, 6) is 0.797. The fourth-order valence-corrected chi connectivity index (χ4v) is 2.58. The van der Waals surface area contributed by atoms with E-state index < -0.39 is 0 Å². The Bertz CT molecular complexity index is 849. The number of hydrogen-bond acceptors (Lipinski definition) is 4. The van der Waals surface area contributed by atoms with E-state index in [2.05, 4.69) is 27.1 Å². The van der Waals surface area contributed by atoms with Gasteiger partial charge in [0.15, 0.2) is 0 Å². The normalized spacial score (nSPS) is 10.5. The molecule has 0 spiro atoms. The van der Waals surface area contributed by atoms with Gasteiger partial charge in [-0.15, -0.1) is 0 Å². The van der Waals surface area contributed by atoms with E-state index in [1.54, 1.807) is 24.7 Å². The summed E-state index contributed by atoms with van der Waals surface area (Å²) in [5.41, 5.74) is 4.52. The quantitative estimate of drug-likeness (QED) is 0.651. The van der Waals surface area contributed by atoms with Crippen molar-refractivity contribution in [2.45, 2.75) is 20.3 Å². The Kier molecular flexibility index (Phi) is 5.14. The van der Waals surface area contributed by atoms with Crippen LogP contribution < -0.4 is 4.74 Å². The molecule has 2 N–H and O–H groups in total. The Morgan fingerprint density at radius 1 is 1.16 bits per heavy atom. The number of rotatable bonds is 6. The number of nitrogens with zero attached hydrogens (tertiary/aromatic N) is 2. The summed E-state index contributed by atoms with van der Waals surface area (Å²) in [5, 5.41) is 10.1. The smallest absolute Gasteiger partial charge is 0.132 e. The van der Waals surface area contributed by atoms with Gasteiger partial charge >= 0.3 is 0 Å². The van der Waals surface area contributed by atoms with Gasteiger partial charge in [0, 0.05) is 12.1 Å². The first-order valence-electron chi connectivity index (χ1n) is 8.18. The number of benzene rings is 2. The minimum atomic E-state index is 0.166. The van der Waals surface area contributed by atoms with Gasteiger partial charge in [0.05, 0.1) is 36.1 Å². The van der Waals surface area contributed by atoms with E-state index in [-0.39, 0.29) is 5.75 Å². The summed E-state index contributed by atoms with van der Waals surface area (Å²) in [4.78, 5) is 11.4. The van der Waals surface area contributed by atoms with Gasteiger partial charge in [-0.1, -0.05) is 18.2 Å². The molecule has 0 saturated heterocycles. The molecule has 0 bridgehead atoms. The molecule has 0 saturated carbocycles. The Labute approximate surface area is 147 Å². The second-order valence-corrected chi connectivity index (χ2v) is 5.94. The summed E-state index contributed by atoms with van der Waals surface area (Å²) in [6.07, 6.45) is 4.01. The lowest BCUT2D eigenvalue weighted by Crippen LogP contribution is -2.02. The predicted molar refractivity (Wildman–Crippen MR) is 99.8 cm³/mol. The van der Waals surface area contributed by atoms with Gasteiger partial charge in [-0.25, -0.2) is 4.98 Å². The van der Waals surface area contributed by atoms with Gasteiger partial charge in [0.25, 0.3) is 0 Å². The lowest BCUT2D eigenvalue weighted by Gasteiger charge is -2.12. The molecule has 5 nitrogen and oxygen atoms in total. The maximum absolute atomic E-state index is 10.1. The average Bonchev–Trinajstić information content (AvgIpc) is 3.10. The molecule has 3 rings (SSSR count). The van der Waals surface area contributed by atoms with E-state index in [0.717, 1.165) is 23.5 Å². The number of aromatic amines is 1. The van der Waals surface area contributed by atoms with Gasteiger partial charge < -0.3 is 14.8 Å². The molecule has 2 aromatic carbocycles. The molecule has 0 atom stereocenters. The molecule has 0 radical (unpaired) electrons. The van der Waals surface area contributed by atoms with Crippen LogP contribution in [0.1, 0.15) is 19.4 Å². The molecule has 3 aromatic rings. The Morgan fingerprint density at radius 3 is 2.64 bits per heavy atom. The number of phenols is 1. The maximum atomic E-state index is 10.1.